The van der Waals surface area contributed by atoms with Gasteiger partial charge in [-0.25, -0.2) is 13.8 Å². The van der Waals surface area contributed by atoms with E-state index in [1.54, 1.807) is 18.5 Å². The topological polar surface area (TPSA) is 75.0 Å². The van der Waals surface area contributed by atoms with Crippen LogP contribution in [-0.2, 0) is 12.0 Å². The highest BCUT2D eigenvalue weighted by Crippen LogP contribution is 2.43. The Labute approximate surface area is 235 Å². The zero-order chi connectivity index (χ0) is 28.9. The Morgan fingerprint density at radius 1 is 1.05 bits per heavy atom. The minimum absolute atomic E-state index is 0.0617. The Bertz CT molecular complexity index is 1750. The molecule has 1 atom stereocenters. The van der Waals surface area contributed by atoms with Gasteiger partial charge in [-0.1, -0.05) is 18.2 Å². The Morgan fingerprint density at radius 2 is 1.85 bits per heavy atom. The van der Waals surface area contributed by atoms with Crippen molar-refractivity contribution < 1.29 is 22.6 Å². The van der Waals surface area contributed by atoms with E-state index in [0.717, 1.165) is 17.0 Å². The molecule has 1 aliphatic rings. The van der Waals surface area contributed by atoms with Crippen LogP contribution in [0.2, 0.25) is 0 Å². The van der Waals surface area contributed by atoms with Gasteiger partial charge in [0.15, 0.2) is 11.6 Å². The molecule has 41 heavy (non-hydrogen) atoms. The van der Waals surface area contributed by atoms with E-state index in [2.05, 4.69) is 22.2 Å². The molecule has 0 aliphatic carbocycles. The Hall–Kier alpha value is -4.24. The second-order valence-corrected chi connectivity index (χ2v) is 11.6. The first-order valence-corrected chi connectivity index (χ1v) is 13.5. The molecule has 0 unspecified atom stereocenters. The first kappa shape index (κ1) is 27.0. The van der Waals surface area contributed by atoms with Crippen LogP contribution in [0.5, 0.6) is 17.2 Å². The molecule has 0 spiro atoms. The molecular formula is C32H31F3N4O2. The van der Waals surface area contributed by atoms with Crippen LogP contribution in [0, 0.1) is 17.5 Å². The van der Waals surface area contributed by atoms with Gasteiger partial charge >= 0.3 is 0 Å². The number of imidazole rings is 1. The Balaban J connectivity index is 1.37. The highest BCUT2D eigenvalue weighted by Gasteiger charge is 2.37. The van der Waals surface area contributed by atoms with E-state index >= 15 is 8.78 Å². The zero-order valence-electron chi connectivity index (χ0n) is 23.3. The molecule has 5 aromatic rings. The van der Waals surface area contributed by atoms with Crippen molar-refractivity contribution in [1.82, 2.24) is 20.3 Å². The number of halogens is 3. The van der Waals surface area contributed by atoms with Crippen molar-refractivity contribution in [3.63, 3.8) is 0 Å². The number of aromatic amines is 2. The molecule has 6 nitrogen and oxygen atoms in total. The lowest BCUT2D eigenvalue weighted by Crippen LogP contribution is -2.35. The zero-order valence-corrected chi connectivity index (χ0v) is 23.3. The molecule has 9 heteroatoms. The first-order chi connectivity index (χ1) is 19.5. The van der Waals surface area contributed by atoms with Crippen LogP contribution in [-0.4, -0.2) is 27.1 Å². The lowest BCUT2D eigenvalue weighted by molar-refractivity contribution is 0.241. The summed E-state index contributed by atoms with van der Waals surface area (Å²) >= 11 is 0. The van der Waals surface area contributed by atoms with Crippen LogP contribution in [0.25, 0.3) is 22.3 Å². The molecular weight excluding hydrogens is 529 g/mol. The van der Waals surface area contributed by atoms with E-state index in [1.807, 2.05) is 45.0 Å². The predicted molar refractivity (Wildman–Crippen MR) is 152 cm³/mol. The van der Waals surface area contributed by atoms with Crippen molar-refractivity contribution in [3.05, 3.63) is 95.2 Å². The third-order valence-electron chi connectivity index (χ3n) is 7.65. The van der Waals surface area contributed by atoms with E-state index in [1.165, 1.54) is 18.2 Å². The number of hydrogen-bond acceptors (Lipinski definition) is 4. The van der Waals surface area contributed by atoms with Gasteiger partial charge in [-0.05, 0) is 64.4 Å². The minimum Gasteiger partial charge on any atom is -0.493 e. The molecule has 0 bridgehead atoms. The summed E-state index contributed by atoms with van der Waals surface area (Å²) in [6.07, 6.45) is 4.03. The second kappa shape index (κ2) is 9.99. The smallest absolute Gasteiger partial charge is 0.203 e. The molecule has 3 N–H and O–H groups in total. The SMILES string of the molecule is CC(C)(C)NCc1c(Oc2ccc(F)c(-c3nc([C@@]4(C)CCOc5ccccc54)c[nH]3)c2)c(F)c(F)c2[nH]ccc12. The van der Waals surface area contributed by atoms with Gasteiger partial charge < -0.3 is 24.8 Å². The summed E-state index contributed by atoms with van der Waals surface area (Å²) in [5.74, 6) is -1.69. The van der Waals surface area contributed by atoms with Crippen molar-refractivity contribution in [3.8, 4) is 28.6 Å². The van der Waals surface area contributed by atoms with Crippen molar-refractivity contribution in [1.29, 1.82) is 0 Å². The molecule has 0 saturated heterocycles. The number of nitrogens with zero attached hydrogens (tertiary/aromatic N) is 1. The number of ether oxygens (including phenoxy) is 2. The van der Waals surface area contributed by atoms with Gasteiger partial charge in [0.25, 0.3) is 0 Å². The maximum absolute atomic E-state index is 15.4. The van der Waals surface area contributed by atoms with Crippen molar-refractivity contribution in [2.45, 2.75) is 51.6 Å². The van der Waals surface area contributed by atoms with Crippen LogP contribution >= 0.6 is 0 Å². The fraction of sp³-hybridized carbons (Fsp3) is 0.281. The number of nitrogens with one attached hydrogen (secondary N) is 3. The molecule has 0 fully saturated rings. The number of para-hydroxylation sites is 1. The number of benzene rings is 3. The summed E-state index contributed by atoms with van der Waals surface area (Å²) in [6, 6.07) is 13.6. The van der Waals surface area contributed by atoms with E-state index in [4.69, 9.17) is 14.5 Å². The molecule has 6 rings (SSSR count). The Morgan fingerprint density at radius 3 is 2.66 bits per heavy atom. The van der Waals surface area contributed by atoms with Crippen molar-refractivity contribution in [2.24, 2.45) is 0 Å². The van der Waals surface area contributed by atoms with Gasteiger partial charge in [-0.15, -0.1) is 0 Å². The summed E-state index contributed by atoms with van der Waals surface area (Å²) in [4.78, 5) is 10.6. The summed E-state index contributed by atoms with van der Waals surface area (Å²) in [5.41, 5.74) is 1.70. The fourth-order valence-corrected chi connectivity index (χ4v) is 5.33. The minimum atomic E-state index is -1.12. The largest absolute Gasteiger partial charge is 0.493 e. The van der Waals surface area contributed by atoms with Gasteiger partial charge in [0.2, 0.25) is 5.82 Å². The molecule has 1 aliphatic heterocycles. The average Bonchev–Trinajstić information content (AvgIpc) is 3.63. The van der Waals surface area contributed by atoms with Crippen LogP contribution in [0.4, 0.5) is 13.2 Å². The summed E-state index contributed by atoms with van der Waals surface area (Å²) in [6.45, 7) is 8.78. The first-order valence-electron chi connectivity index (χ1n) is 13.5. The number of hydrogen-bond donors (Lipinski definition) is 3. The monoisotopic (exact) mass is 560 g/mol. The van der Waals surface area contributed by atoms with Crippen LogP contribution in [0.1, 0.15) is 50.9 Å². The molecule has 0 radical (unpaired) electrons. The highest BCUT2D eigenvalue weighted by molar-refractivity contribution is 5.86. The number of rotatable bonds is 6. The maximum atomic E-state index is 15.4. The lowest BCUT2D eigenvalue weighted by atomic mass is 9.75. The van der Waals surface area contributed by atoms with E-state index in [9.17, 15) is 4.39 Å². The molecule has 2 aromatic heterocycles. The summed E-state index contributed by atoms with van der Waals surface area (Å²) in [5, 5.41) is 3.82. The fourth-order valence-electron chi connectivity index (χ4n) is 5.33. The van der Waals surface area contributed by atoms with Gasteiger partial charge in [0.1, 0.15) is 23.1 Å². The molecule has 3 aromatic carbocycles. The van der Waals surface area contributed by atoms with Crippen molar-refractivity contribution in [2.75, 3.05) is 6.61 Å². The molecule has 0 saturated carbocycles. The summed E-state index contributed by atoms with van der Waals surface area (Å²) in [7, 11) is 0. The third kappa shape index (κ3) is 4.84. The highest BCUT2D eigenvalue weighted by atomic mass is 19.2. The van der Waals surface area contributed by atoms with Crippen molar-refractivity contribution >= 4 is 10.9 Å². The van der Waals surface area contributed by atoms with E-state index < -0.39 is 22.9 Å². The predicted octanol–water partition coefficient (Wildman–Crippen LogP) is 7.74. The van der Waals surface area contributed by atoms with E-state index in [-0.39, 0.29) is 34.7 Å². The quantitative estimate of drug-likeness (QED) is 0.199. The van der Waals surface area contributed by atoms with Gasteiger partial charge in [-0.2, -0.15) is 4.39 Å². The standard InChI is InChI=1S/C32H31F3N4O2/c1-31(2,3)38-16-21-19-11-13-36-28(19)26(34)27(35)29(21)41-18-9-10-23(33)20(15-18)30-37-17-25(39-30)32(4)12-14-40-24-8-6-5-7-22(24)32/h5-11,13,15,17,36,38H,12,14,16H2,1-4H3,(H,37,39)/t32-/m0/s1. The van der Waals surface area contributed by atoms with Crippen LogP contribution < -0.4 is 14.8 Å². The molecule has 212 valence electrons. The molecule has 3 heterocycles. The number of aromatic nitrogens is 3. The van der Waals surface area contributed by atoms with Gasteiger partial charge in [0, 0.05) is 46.4 Å². The van der Waals surface area contributed by atoms with Crippen LogP contribution in [0.15, 0.2) is 60.9 Å². The molecule has 0 amide bonds. The lowest BCUT2D eigenvalue weighted by Gasteiger charge is -2.34. The maximum Gasteiger partial charge on any atom is 0.203 e. The van der Waals surface area contributed by atoms with Crippen LogP contribution in [0.3, 0.4) is 0 Å². The Kier molecular flexibility index (Phi) is 6.57. The summed E-state index contributed by atoms with van der Waals surface area (Å²) < 4.78 is 57.3. The average molecular weight is 561 g/mol. The van der Waals surface area contributed by atoms with Gasteiger partial charge in [0.05, 0.1) is 23.4 Å². The number of H-pyrrole nitrogens is 2. The van der Waals surface area contributed by atoms with E-state index in [0.29, 0.717) is 29.8 Å². The number of fused-ring (bicyclic) bond motifs is 2. The normalized spacial score (nSPS) is 17.0. The third-order valence-corrected chi connectivity index (χ3v) is 7.65. The van der Waals surface area contributed by atoms with Gasteiger partial charge in [-0.3, -0.25) is 0 Å². The second-order valence-electron chi connectivity index (χ2n) is 11.6.